The summed E-state index contributed by atoms with van der Waals surface area (Å²) in [4.78, 5) is 24.9. The number of amides is 1. The summed E-state index contributed by atoms with van der Waals surface area (Å²) in [6, 6.07) is 9.20. The molecule has 0 radical (unpaired) electrons. The molecule has 0 bridgehead atoms. The highest BCUT2D eigenvalue weighted by Crippen LogP contribution is 2.25. The Hall–Kier alpha value is -2.37. The molecule has 0 aliphatic carbocycles. The Morgan fingerprint density at radius 1 is 1.35 bits per heavy atom. The Kier molecular flexibility index (Phi) is 4.07. The lowest BCUT2D eigenvalue weighted by Crippen LogP contribution is -2.39. The number of nitrogens with zero attached hydrogens (tertiary/aromatic N) is 2. The van der Waals surface area contributed by atoms with Gasteiger partial charge in [0.1, 0.15) is 12.7 Å². The highest BCUT2D eigenvalue weighted by atomic mass is 19.1. The van der Waals surface area contributed by atoms with Crippen molar-refractivity contribution < 1.29 is 19.1 Å². The highest BCUT2D eigenvalue weighted by Gasteiger charge is 2.36. The zero-order valence-corrected chi connectivity index (χ0v) is 12.9. The lowest BCUT2D eigenvalue weighted by Gasteiger charge is -2.24. The van der Waals surface area contributed by atoms with Crippen molar-refractivity contribution in [1.82, 2.24) is 9.47 Å². The molecule has 23 heavy (non-hydrogen) atoms. The Morgan fingerprint density at radius 2 is 2.09 bits per heavy atom. The van der Waals surface area contributed by atoms with E-state index >= 15 is 0 Å². The third-order valence-electron chi connectivity index (χ3n) is 4.41. The molecule has 2 heterocycles. The summed E-state index contributed by atoms with van der Waals surface area (Å²) in [5.74, 6) is -1.25. The molecule has 1 saturated heterocycles. The fourth-order valence-electron chi connectivity index (χ4n) is 3.34. The first-order chi connectivity index (χ1) is 11.0. The average molecular weight is 318 g/mol. The van der Waals surface area contributed by atoms with Gasteiger partial charge >= 0.3 is 5.97 Å². The van der Waals surface area contributed by atoms with Crippen LogP contribution in [0.25, 0.3) is 10.9 Å². The minimum Gasteiger partial charge on any atom is -0.481 e. The quantitative estimate of drug-likeness (QED) is 0.941. The van der Waals surface area contributed by atoms with Crippen molar-refractivity contribution in [3.05, 3.63) is 36.0 Å². The molecule has 122 valence electrons. The monoisotopic (exact) mass is 318 g/mol. The van der Waals surface area contributed by atoms with Crippen molar-refractivity contribution >= 4 is 22.8 Å². The normalized spacial score (nSPS) is 21.0. The second kappa shape index (κ2) is 6.02. The summed E-state index contributed by atoms with van der Waals surface area (Å²) < 4.78 is 15.5. The first-order valence-corrected chi connectivity index (χ1v) is 7.66. The van der Waals surface area contributed by atoms with E-state index in [9.17, 15) is 14.0 Å². The van der Waals surface area contributed by atoms with Crippen molar-refractivity contribution in [2.75, 3.05) is 6.54 Å². The lowest BCUT2D eigenvalue weighted by atomic mass is 10.1. The summed E-state index contributed by atoms with van der Waals surface area (Å²) in [5.41, 5.74) is 1.90. The number of carboxylic acid groups (broad SMARTS) is 1. The van der Waals surface area contributed by atoms with Crippen molar-refractivity contribution in [3.63, 3.8) is 0 Å². The number of carbonyl (C=O) groups is 2. The lowest BCUT2D eigenvalue weighted by molar-refractivity contribution is -0.140. The van der Waals surface area contributed by atoms with Gasteiger partial charge in [-0.25, -0.2) is 4.39 Å². The molecule has 1 aliphatic heterocycles. The molecule has 5 nitrogen and oxygen atoms in total. The van der Waals surface area contributed by atoms with E-state index in [1.165, 1.54) is 4.90 Å². The van der Waals surface area contributed by atoms with E-state index in [2.05, 4.69) is 0 Å². The number of hydrogen-bond donors (Lipinski definition) is 1. The van der Waals surface area contributed by atoms with Gasteiger partial charge in [0.05, 0.1) is 13.0 Å². The van der Waals surface area contributed by atoms with Crippen LogP contribution in [0.4, 0.5) is 4.39 Å². The van der Waals surface area contributed by atoms with Gasteiger partial charge in [0.2, 0.25) is 5.91 Å². The summed E-state index contributed by atoms with van der Waals surface area (Å²) >= 11 is 0. The van der Waals surface area contributed by atoms with Crippen molar-refractivity contribution in [1.29, 1.82) is 0 Å². The molecule has 1 aromatic heterocycles. The maximum absolute atomic E-state index is 13.7. The summed E-state index contributed by atoms with van der Waals surface area (Å²) in [6.07, 6.45) is -1.26. The molecule has 1 fully saturated rings. The predicted octanol–water partition coefficient (Wildman–Crippen LogP) is 2.36. The van der Waals surface area contributed by atoms with Crippen LogP contribution in [0.2, 0.25) is 0 Å². The Balaban J connectivity index is 1.82. The first kappa shape index (κ1) is 15.5. The number of aryl methyl sites for hydroxylation is 1. The maximum Gasteiger partial charge on any atom is 0.305 e. The average Bonchev–Trinajstić information content (AvgIpc) is 2.99. The van der Waals surface area contributed by atoms with Crippen molar-refractivity contribution in [3.8, 4) is 0 Å². The second-order valence-corrected chi connectivity index (χ2v) is 6.06. The first-order valence-electron chi connectivity index (χ1n) is 7.66. The van der Waals surface area contributed by atoms with Gasteiger partial charge in [-0.3, -0.25) is 9.59 Å². The van der Waals surface area contributed by atoms with Crippen LogP contribution in [0.3, 0.4) is 0 Å². The van der Waals surface area contributed by atoms with E-state index in [0.29, 0.717) is 0 Å². The number of para-hydroxylation sites is 1. The van der Waals surface area contributed by atoms with E-state index in [1.54, 1.807) is 0 Å². The van der Waals surface area contributed by atoms with E-state index in [1.807, 2.05) is 41.8 Å². The minimum atomic E-state index is -1.15. The molecule has 1 aliphatic rings. The molecule has 2 aromatic rings. The largest absolute Gasteiger partial charge is 0.481 e. The minimum absolute atomic E-state index is 0.0188. The number of carbonyl (C=O) groups excluding carboxylic acids is 1. The Morgan fingerprint density at radius 3 is 2.83 bits per heavy atom. The summed E-state index contributed by atoms with van der Waals surface area (Å²) in [5, 5.41) is 9.98. The maximum atomic E-state index is 13.7. The number of fused-ring (bicyclic) bond motifs is 1. The zero-order chi connectivity index (χ0) is 16.6. The van der Waals surface area contributed by atoms with Crippen LogP contribution >= 0.6 is 0 Å². The van der Waals surface area contributed by atoms with Gasteiger partial charge in [0, 0.05) is 23.7 Å². The number of carboxylic acids is 1. The number of alkyl halides is 1. The Bertz CT molecular complexity index is 755. The SMILES string of the molecule is Cc1cc2ccccc2n1CC(=O)N1C[C@H](F)C[C@H]1CC(=O)O. The number of rotatable bonds is 4. The molecular weight excluding hydrogens is 299 g/mol. The third-order valence-corrected chi connectivity index (χ3v) is 4.41. The van der Waals surface area contributed by atoms with Crippen LogP contribution in [-0.2, 0) is 16.1 Å². The smallest absolute Gasteiger partial charge is 0.305 e. The van der Waals surface area contributed by atoms with Crippen molar-refractivity contribution in [2.24, 2.45) is 0 Å². The topological polar surface area (TPSA) is 62.5 Å². The second-order valence-electron chi connectivity index (χ2n) is 6.06. The van der Waals surface area contributed by atoms with Gasteiger partial charge < -0.3 is 14.6 Å². The summed E-state index contributed by atoms with van der Waals surface area (Å²) in [7, 11) is 0. The molecule has 1 aromatic carbocycles. The van der Waals surface area contributed by atoms with Gasteiger partial charge in [-0.1, -0.05) is 18.2 Å². The van der Waals surface area contributed by atoms with Gasteiger partial charge in [-0.15, -0.1) is 0 Å². The molecule has 3 rings (SSSR count). The van der Waals surface area contributed by atoms with Crippen LogP contribution in [0.1, 0.15) is 18.5 Å². The van der Waals surface area contributed by atoms with Crippen LogP contribution in [0.5, 0.6) is 0 Å². The van der Waals surface area contributed by atoms with Gasteiger partial charge in [-0.05, 0) is 24.4 Å². The molecule has 2 atom stereocenters. The van der Waals surface area contributed by atoms with Crippen LogP contribution in [-0.4, -0.2) is 45.2 Å². The fourth-order valence-corrected chi connectivity index (χ4v) is 3.34. The number of hydrogen-bond acceptors (Lipinski definition) is 2. The van der Waals surface area contributed by atoms with Gasteiger partial charge in [0.15, 0.2) is 0 Å². The van der Waals surface area contributed by atoms with E-state index in [4.69, 9.17) is 5.11 Å². The molecule has 0 unspecified atom stereocenters. The van der Waals surface area contributed by atoms with E-state index < -0.39 is 18.2 Å². The predicted molar refractivity (Wildman–Crippen MR) is 83.9 cm³/mol. The summed E-state index contributed by atoms with van der Waals surface area (Å²) in [6.45, 7) is 2.00. The molecule has 6 heteroatoms. The standard InChI is InChI=1S/C17H19FN2O3/c1-11-6-12-4-2-3-5-15(12)19(11)10-16(21)20-9-13(18)7-14(20)8-17(22)23/h2-6,13-14H,7-10H2,1H3,(H,22,23)/t13-,14+/m1/s1. The Labute approximate surface area is 133 Å². The van der Waals surface area contributed by atoms with E-state index in [-0.39, 0.29) is 31.8 Å². The zero-order valence-electron chi connectivity index (χ0n) is 12.9. The van der Waals surface area contributed by atoms with E-state index in [0.717, 1.165) is 16.6 Å². The number of likely N-dealkylation sites (tertiary alicyclic amines) is 1. The molecule has 0 saturated carbocycles. The molecule has 1 amide bonds. The number of halogens is 1. The molecule has 1 N–H and O–H groups in total. The number of benzene rings is 1. The van der Waals surface area contributed by atoms with Crippen molar-refractivity contribution in [2.45, 2.75) is 38.5 Å². The number of aromatic nitrogens is 1. The third kappa shape index (κ3) is 3.06. The van der Waals surface area contributed by atoms with Gasteiger partial charge in [-0.2, -0.15) is 0 Å². The van der Waals surface area contributed by atoms with Crippen LogP contribution < -0.4 is 0 Å². The molecule has 0 spiro atoms. The highest BCUT2D eigenvalue weighted by molar-refractivity contribution is 5.84. The van der Waals surface area contributed by atoms with Gasteiger partial charge in [0.25, 0.3) is 0 Å². The fraction of sp³-hybridized carbons (Fsp3) is 0.412. The van der Waals surface area contributed by atoms with Crippen LogP contribution in [0, 0.1) is 6.92 Å². The van der Waals surface area contributed by atoms with Crippen LogP contribution in [0.15, 0.2) is 30.3 Å². The number of aliphatic carboxylic acids is 1. The molecular formula is C17H19FN2O3.